The Morgan fingerprint density at radius 1 is 1.00 bits per heavy atom. The van der Waals surface area contributed by atoms with E-state index in [9.17, 15) is 13.2 Å². The van der Waals surface area contributed by atoms with E-state index >= 15 is 0 Å². The number of fused-ring (bicyclic) bond motifs is 1. The van der Waals surface area contributed by atoms with Gasteiger partial charge in [0.25, 0.3) is 0 Å². The van der Waals surface area contributed by atoms with Crippen molar-refractivity contribution in [1.82, 2.24) is 20.4 Å². The largest absolute Gasteiger partial charge is 0.416 e. The Balaban J connectivity index is 2.11. The minimum atomic E-state index is -4.35. The predicted octanol–water partition coefficient (Wildman–Crippen LogP) is 3.04. The molecule has 1 N–H and O–H groups in total. The fourth-order valence-electron chi connectivity index (χ4n) is 1.78. The van der Waals surface area contributed by atoms with E-state index < -0.39 is 11.7 Å². The van der Waals surface area contributed by atoms with Crippen molar-refractivity contribution in [2.45, 2.75) is 6.18 Å². The summed E-state index contributed by atoms with van der Waals surface area (Å²) in [5.41, 5.74) is 0.416. The molecule has 0 aliphatic rings. The molecular weight excluding hydrogens is 257 g/mol. The van der Waals surface area contributed by atoms with Crippen molar-refractivity contribution in [2.24, 2.45) is 0 Å². The first-order valence-corrected chi connectivity index (χ1v) is 5.38. The highest BCUT2D eigenvalue weighted by Gasteiger charge is 2.30. The molecular formula is C12H7F3N4. The van der Waals surface area contributed by atoms with Crippen molar-refractivity contribution in [2.75, 3.05) is 0 Å². The molecule has 0 radical (unpaired) electrons. The Morgan fingerprint density at radius 2 is 1.84 bits per heavy atom. The topological polar surface area (TPSA) is 54.5 Å². The number of hydrogen-bond acceptors (Lipinski definition) is 3. The van der Waals surface area contributed by atoms with Crippen LogP contribution in [-0.2, 0) is 6.18 Å². The van der Waals surface area contributed by atoms with Gasteiger partial charge in [0.05, 0.1) is 17.5 Å². The number of H-pyrrole nitrogens is 1. The average Bonchev–Trinajstić information content (AvgIpc) is 2.90. The van der Waals surface area contributed by atoms with Gasteiger partial charge in [-0.2, -0.15) is 13.2 Å². The lowest BCUT2D eigenvalue weighted by Gasteiger charge is -2.07. The van der Waals surface area contributed by atoms with Gasteiger partial charge in [-0.15, -0.1) is 5.10 Å². The fraction of sp³-hybridized carbons (Fsp3) is 0.0833. The first-order chi connectivity index (χ1) is 9.04. The number of nitrogens with zero attached hydrogens (tertiary/aromatic N) is 3. The summed E-state index contributed by atoms with van der Waals surface area (Å²) in [6.45, 7) is 0. The highest BCUT2D eigenvalue weighted by Crippen LogP contribution is 2.31. The number of halogens is 3. The molecule has 7 heteroatoms. The van der Waals surface area contributed by atoms with E-state index in [4.69, 9.17) is 0 Å². The maximum Gasteiger partial charge on any atom is 0.416 e. The van der Waals surface area contributed by atoms with Crippen LogP contribution in [0.4, 0.5) is 13.2 Å². The van der Waals surface area contributed by atoms with Crippen LogP contribution in [0, 0.1) is 0 Å². The minimum absolute atomic E-state index is 0.432. The number of pyridine rings is 1. The van der Waals surface area contributed by atoms with Crippen molar-refractivity contribution in [1.29, 1.82) is 0 Å². The van der Waals surface area contributed by atoms with Gasteiger partial charge >= 0.3 is 6.18 Å². The first kappa shape index (κ1) is 11.6. The van der Waals surface area contributed by atoms with E-state index in [0.717, 1.165) is 12.1 Å². The van der Waals surface area contributed by atoms with Gasteiger partial charge in [0.2, 0.25) is 0 Å². The molecule has 3 aromatic rings. The normalized spacial score (nSPS) is 11.9. The van der Waals surface area contributed by atoms with Crippen LogP contribution in [0.2, 0.25) is 0 Å². The van der Waals surface area contributed by atoms with Gasteiger partial charge in [-0.05, 0) is 23.6 Å². The van der Waals surface area contributed by atoms with E-state index in [1.54, 1.807) is 12.3 Å². The smallest absolute Gasteiger partial charge is 0.265 e. The maximum atomic E-state index is 12.6. The van der Waals surface area contributed by atoms with E-state index in [1.165, 1.54) is 12.3 Å². The minimum Gasteiger partial charge on any atom is -0.265 e. The van der Waals surface area contributed by atoms with E-state index in [2.05, 4.69) is 20.4 Å². The lowest BCUT2D eigenvalue weighted by Crippen LogP contribution is -2.04. The van der Waals surface area contributed by atoms with Gasteiger partial charge in [-0.3, -0.25) is 10.1 Å². The predicted molar refractivity (Wildman–Crippen MR) is 62.1 cm³/mol. The number of benzene rings is 1. The first-order valence-electron chi connectivity index (χ1n) is 5.38. The van der Waals surface area contributed by atoms with Crippen LogP contribution in [0.15, 0.2) is 36.7 Å². The van der Waals surface area contributed by atoms with Crippen LogP contribution < -0.4 is 0 Å². The number of nitrogens with one attached hydrogen (secondary N) is 1. The third kappa shape index (κ3) is 2.14. The molecule has 0 atom stereocenters. The summed E-state index contributed by atoms with van der Waals surface area (Å²) < 4.78 is 37.7. The number of aromatic amines is 1. The summed E-state index contributed by atoms with van der Waals surface area (Å²) >= 11 is 0. The Hall–Kier alpha value is -2.44. The third-order valence-corrected chi connectivity index (χ3v) is 2.73. The van der Waals surface area contributed by atoms with E-state index in [1.807, 2.05) is 0 Å². The number of hydrogen-bond donors (Lipinski definition) is 1. The molecule has 0 bridgehead atoms. The molecule has 0 amide bonds. The average molecular weight is 264 g/mol. The Morgan fingerprint density at radius 3 is 2.53 bits per heavy atom. The van der Waals surface area contributed by atoms with Crippen LogP contribution in [-0.4, -0.2) is 20.4 Å². The van der Waals surface area contributed by atoms with Crippen molar-refractivity contribution < 1.29 is 13.2 Å². The molecule has 0 saturated heterocycles. The summed E-state index contributed by atoms with van der Waals surface area (Å²) in [5, 5.41) is 11.0. The molecule has 4 nitrogen and oxygen atoms in total. The zero-order valence-electron chi connectivity index (χ0n) is 9.44. The molecule has 0 aliphatic carbocycles. The van der Waals surface area contributed by atoms with Crippen molar-refractivity contribution in [3.05, 3.63) is 42.2 Å². The summed E-state index contributed by atoms with van der Waals surface area (Å²) in [6, 6.07) is 5.22. The summed E-state index contributed by atoms with van der Waals surface area (Å²) in [6.07, 6.45) is -1.38. The quantitative estimate of drug-likeness (QED) is 0.735. The van der Waals surface area contributed by atoms with Gasteiger partial charge in [0, 0.05) is 11.6 Å². The van der Waals surface area contributed by atoms with Crippen LogP contribution in [0.3, 0.4) is 0 Å². The second kappa shape index (κ2) is 4.04. The van der Waals surface area contributed by atoms with Gasteiger partial charge in [0.15, 0.2) is 0 Å². The van der Waals surface area contributed by atoms with Crippen LogP contribution >= 0.6 is 0 Å². The monoisotopic (exact) mass is 264 g/mol. The maximum absolute atomic E-state index is 12.6. The van der Waals surface area contributed by atoms with Gasteiger partial charge in [0.1, 0.15) is 5.69 Å². The summed E-state index contributed by atoms with van der Waals surface area (Å²) in [5.74, 6) is 0. The third-order valence-electron chi connectivity index (χ3n) is 2.73. The molecule has 3 rings (SSSR count). The molecule has 2 aromatic heterocycles. The second-order valence-electron chi connectivity index (χ2n) is 3.99. The molecule has 0 aliphatic heterocycles. The molecule has 1 aromatic carbocycles. The molecule has 0 unspecified atom stereocenters. The lowest BCUT2D eigenvalue weighted by atomic mass is 10.1. The van der Waals surface area contributed by atoms with Gasteiger partial charge in [-0.25, -0.2) is 0 Å². The Labute approximate surface area is 105 Å². The zero-order valence-corrected chi connectivity index (χ0v) is 9.44. The van der Waals surface area contributed by atoms with E-state index in [0.29, 0.717) is 22.2 Å². The van der Waals surface area contributed by atoms with Crippen LogP contribution in [0.5, 0.6) is 0 Å². The second-order valence-corrected chi connectivity index (χ2v) is 3.99. The fourth-order valence-corrected chi connectivity index (χ4v) is 1.78. The number of rotatable bonds is 1. The number of alkyl halides is 3. The van der Waals surface area contributed by atoms with Crippen molar-refractivity contribution in [3.8, 4) is 11.4 Å². The van der Waals surface area contributed by atoms with Gasteiger partial charge in [-0.1, -0.05) is 11.3 Å². The highest BCUT2D eigenvalue weighted by molar-refractivity contribution is 5.85. The molecule has 19 heavy (non-hydrogen) atoms. The summed E-state index contributed by atoms with van der Waals surface area (Å²) in [7, 11) is 0. The van der Waals surface area contributed by atoms with E-state index in [-0.39, 0.29) is 0 Å². The van der Waals surface area contributed by atoms with Crippen LogP contribution in [0.1, 0.15) is 5.56 Å². The van der Waals surface area contributed by atoms with Crippen molar-refractivity contribution >= 4 is 10.8 Å². The van der Waals surface area contributed by atoms with Gasteiger partial charge < -0.3 is 0 Å². The molecule has 96 valence electrons. The standard InChI is InChI=1S/C12H7F3N4/c13-12(14,15)9-2-1-7-4-10(11-6-17-19-18-11)16-5-8(7)3-9/h1-6H,(H,17,18,19). The Kier molecular flexibility index (Phi) is 2.48. The Bertz CT molecular complexity index is 719. The summed E-state index contributed by atoms with van der Waals surface area (Å²) in [4.78, 5) is 4.08. The highest BCUT2D eigenvalue weighted by atomic mass is 19.4. The van der Waals surface area contributed by atoms with Crippen molar-refractivity contribution in [3.63, 3.8) is 0 Å². The SMILES string of the molecule is FC(F)(F)c1ccc2cc(-c3c[nH]nn3)ncc2c1. The number of aromatic nitrogens is 4. The lowest BCUT2D eigenvalue weighted by molar-refractivity contribution is -0.137. The molecule has 0 saturated carbocycles. The molecule has 2 heterocycles. The molecule has 0 spiro atoms. The van der Waals surface area contributed by atoms with Crippen LogP contribution in [0.25, 0.3) is 22.2 Å². The zero-order chi connectivity index (χ0) is 13.5. The molecule has 0 fully saturated rings.